The lowest BCUT2D eigenvalue weighted by atomic mass is 10.0. The molecule has 0 saturated carbocycles. The minimum absolute atomic E-state index is 0.0357. The Balaban J connectivity index is 2.08. The molecule has 1 aromatic carbocycles. The van der Waals surface area contributed by atoms with Gasteiger partial charge in [0.1, 0.15) is 5.75 Å². The Morgan fingerprint density at radius 2 is 2.33 bits per heavy atom. The zero-order valence-corrected chi connectivity index (χ0v) is 11.3. The van der Waals surface area contributed by atoms with Crippen molar-refractivity contribution < 1.29 is 9.90 Å². The SMILES string of the molecule is CCCC1CCN(C(=O)c2ccc(Cl)cc2O)C1. The standard InChI is InChI=1S/C14H18ClNO2/c1-2-3-10-6-7-16(9-10)14(18)12-5-4-11(15)8-13(12)17/h4-5,8,10,17H,2-3,6-7,9H2,1H3. The first-order valence-corrected chi connectivity index (χ1v) is 6.77. The number of carbonyl (C=O) groups is 1. The van der Waals surface area contributed by atoms with E-state index in [2.05, 4.69) is 6.92 Å². The van der Waals surface area contributed by atoms with E-state index in [-0.39, 0.29) is 11.7 Å². The number of carbonyl (C=O) groups excluding carboxylic acids is 1. The minimum Gasteiger partial charge on any atom is -0.507 e. The Bertz CT molecular complexity index is 447. The van der Waals surface area contributed by atoms with E-state index in [1.807, 2.05) is 4.90 Å². The van der Waals surface area contributed by atoms with Crippen LogP contribution in [-0.4, -0.2) is 29.0 Å². The highest BCUT2D eigenvalue weighted by molar-refractivity contribution is 6.30. The first kappa shape index (κ1) is 13.2. The van der Waals surface area contributed by atoms with Crippen LogP contribution in [0, 0.1) is 5.92 Å². The number of hydrogen-bond acceptors (Lipinski definition) is 2. The molecule has 0 aliphatic carbocycles. The smallest absolute Gasteiger partial charge is 0.257 e. The van der Waals surface area contributed by atoms with E-state index in [4.69, 9.17) is 11.6 Å². The second kappa shape index (κ2) is 5.61. The summed E-state index contributed by atoms with van der Waals surface area (Å²) in [5.41, 5.74) is 0.344. The number of benzene rings is 1. The topological polar surface area (TPSA) is 40.5 Å². The summed E-state index contributed by atoms with van der Waals surface area (Å²) in [6, 6.07) is 4.63. The van der Waals surface area contributed by atoms with Gasteiger partial charge < -0.3 is 10.0 Å². The quantitative estimate of drug-likeness (QED) is 0.913. The third-order valence-corrected chi connectivity index (χ3v) is 3.70. The number of aromatic hydroxyl groups is 1. The van der Waals surface area contributed by atoms with Gasteiger partial charge in [-0.15, -0.1) is 0 Å². The van der Waals surface area contributed by atoms with Crippen molar-refractivity contribution in [3.05, 3.63) is 28.8 Å². The number of phenolic OH excluding ortho intramolecular Hbond substituents is 1. The average molecular weight is 268 g/mol. The summed E-state index contributed by atoms with van der Waals surface area (Å²) in [5, 5.41) is 10.2. The van der Waals surface area contributed by atoms with Gasteiger partial charge in [-0.25, -0.2) is 0 Å². The third-order valence-electron chi connectivity index (χ3n) is 3.46. The normalized spacial score (nSPS) is 19.2. The first-order chi connectivity index (χ1) is 8.61. The van der Waals surface area contributed by atoms with E-state index in [1.165, 1.54) is 6.07 Å². The summed E-state index contributed by atoms with van der Waals surface area (Å²) in [4.78, 5) is 14.1. The molecular formula is C14H18ClNO2. The molecule has 4 heteroatoms. The first-order valence-electron chi connectivity index (χ1n) is 6.39. The Morgan fingerprint density at radius 1 is 1.56 bits per heavy atom. The Labute approximate surface area is 112 Å². The number of likely N-dealkylation sites (tertiary alicyclic amines) is 1. The van der Waals surface area contributed by atoms with Crippen LogP contribution in [0.15, 0.2) is 18.2 Å². The van der Waals surface area contributed by atoms with E-state index < -0.39 is 0 Å². The molecule has 0 aromatic heterocycles. The molecule has 1 aliphatic rings. The molecule has 1 N–H and O–H groups in total. The molecule has 1 heterocycles. The predicted molar refractivity (Wildman–Crippen MR) is 72.0 cm³/mol. The Hall–Kier alpha value is -1.22. The molecule has 1 aliphatic heterocycles. The van der Waals surface area contributed by atoms with Gasteiger partial charge in [-0.2, -0.15) is 0 Å². The van der Waals surface area contributed by atoms with Crippen molar-refractivity contribution in [1.29, 1.82) is 0 Å². The highest BCUT2D eigenvalue weighted by Crippen LogP contribution is 2.27. The number of hydrogen-bond donors (Lipinski definition) is 1. The van der Waals surface area contributed by atoms with Crippen LogP contribution in [-0.2, 0) is 0 Å². The van der Waals surface area contributed by atoms with Crippen LogP contribution in [0.1, 0.15) is 36.5 Å². The van der Waals surface area contributed by atoms with E-state index in [1.54, 1.807) is 12.1 Å². The largest absolute Gasteiger partial charge is 0.507 e. The lowest BCUT2D eigenvalue weighted by Crippen LogP contribution is -2.28. The van der Waals surface area contributed by atoms with Crippen molar-refractivity contribution >= 4 is 17.5 Å². The molecule has 0 radical (unpaired) electrons. The molecule has 1 fully saturated rings. The van der Waals surface area contributed by atoms with Gasteiger partial charge in [-0.1, -0.05) is 24.9 Å². The molecule has 98 valence electrons. The summed E-state index contributed by atoms with van der Waals surface area (Å²) in [5.74, 6) is 0.475. The number of amides is 1. The van der Waals surface area contributed by atoms with Gasteiger partial charge in [0, 0.05) is 18.1 Å². The molecule has 1 atom stereocenters. The zero-order valence-electron chi connectivity index (χ0n) is 10.5. The van der Waals surface area contributed by atoms with Crippen LogP contribution in [0.3, 0.4) is 0 Å². The fourth-order valence-corrected chi connectivity index (χ4v) is 2.68. The van der Waals surface area contributed by atoms with Gasteiger partial charge in [-0.3, -0.25) is 4.79 Å². The van der Waals surface area contributed by atoms with Crippen molar-refractivity contribution in [3.63, 3.8) is 0 Å². The molecule has 3 nitrogen and oxygen atoms in total. The highest BCUT2D eigenvalue weighted by atomic mass is 35.5. The maximum absolute atomic E-state index is 12.3. The molecule has 1 unspecified atom stereocenters. The maximum Gasteiger partial charge on any atom is 0.257 e. The van der Waals surface area contributed by atoms with E-state index >= 15 is 0 Å². The average Bonchev–Trinajstić information content (AvgIpc) is 2.77. The Morgan fingerprint density at radius 3 is 3.00 bits per heavy atom. The zero-order chi connectivity index (χ0) is 13.1. The van der Waals surface area contributed by atoms with E-state index in [0.29, 0.717) is 16.5 Å². The highest BCUT2D eigenvalue weighted by Gasteiger charge is 2.27. The van der Waals surface area contributed by atoms with Crippen LogP contribution < -0.4 is 0 Å². The number of rotatable bonds is 3. The molecule has 1 amide bonds. The minimum atomic E-state index is -0.0947. The molecule has 2 rings (SSSR count). The lowest BCUT2D eigenvalue weighted by Gasteiger charge is -2.17. The second-order valence-corrected chi connectivity index (χ2v) is 5.29. The summed E-state index contributed by atoms with van der Waals surface area (Å²) in [7, 11) is 0. The maximum atomic E-state index is 12.3. The summed E-state index contributed by atoms with van der Waals surface area (Å²) in [6.07, 6.45) is 3.38. The van der Waals surface area contributed by atoms with Crippen LogP contribution in [0.25, 0.3) is 0 Å². The van der Waals surface area contributed by atoms with Crippen molar-refractivity contribution in [2.24, 2.45) is 5.92 Å². The van der Waals surface area contributed by atoms with Crippen molar-refractivity contribution in [1.82, 2.24) is 4.90 Å². The van der Waals surface area contributed by atoms with Crippen LogP contribution in [0.4, 0.5) is 0 Å². The van der Waals surface area contributed by atoms with Gasteiger partial charge in [0.15, 0.2) is 0 Å². The van der Waals surface area contributed by atoms with Gasteiger partial charge in [0.05, 0.1) is 5.56 Å². The monoisotopic (exact) mass is 267 g/mol. The third kappa shape index (κ3) is 2.78. The summed E-state index contributed by atoms with van der Waals surface area (Å²) in [6.45, 7) is 3.75. The van der Waals surface area contributed by atoms with Crippen molar-refractivity contribution in [3.8, 4) is 5.75 Å². The number of halogens is 1. The van der Waals surface area contributed by atoms with Gasteiger partial charge in [-0.05, 0) is 37.0 Å². The second-order valence-electron chi connectivity index (χ2n) is 4.86. The van der Waals surface area contributed by atoms with Gasteiger partial charge in [0.25, 0.3) is 5.91 Å². The number of phenols is 1. The number of nitrogens with zero attached hydrogens (tertiary/aromatic N) is 1. The Kier molecular flexibility index (Phi) is 4.12. The fourth-order valence-electron chi connectivity index (χ4n) is 2.52. The van der Waals surface area contributed by atoms with Gasteiger partial charge >= 0.3 is 0 Å². The molecule has 0 bridgehead atoms. The van der Waals surface area contributed by atoms with Crippen LogP contribution in [0.5, 0.6) is 5.75 Å². The van der Waals surface area contributed by atoms with Crippen molar-refractivity contribution in [2.75, 3.05) is 13.1 Å². The van der Waals surface area contributed by atoms with Crippen molar-refractivity contribution in [2.45, 2.75) is 26.2 Å². The molecule has 18 heavy (non-hydrogen) atoms. The van der Waals surface area contributed by atoms with Crippen LogP contribution in [0.2, 0.25) is 5.02 Å². The molecule has 1 aromatic rings. The summed E-state index contributed by atoms with van der Waals surface area (Å²) < 4.78 is 0. The molecular weight excluding hydrogens is 250 g/mol. The predicted octanol–water partition coefficient (Wildman–Crippen LogP) is 3.31. The molecule has 1 saturated heterocycles. The summed E-state index contributed by atoms with van der Waals surface area (Å²) >= 11 is 5.76. The van der Waals surface area contributed by atoms with Gasteiger partial charge in [0.2, 0.25) is 0 Å². The fraction of sp³-hybridized carbons (Fsp3) is 0.500. The van der Waals surface area contributed by atoms with E-state index in [0.717, 1.165) is 32.4 Å². The lowest BCUT2D eigenvalue weighted by molar-refractivity contribution is 0.0783. The molecule has 0 spiro atoms. The van der Waals surface area contributed by atoms with E-state index in [9.17, 15) is 9.90 Å². The van der Waals surface area contributed by atoms with Crippen LogP contribution >= 0.6 is 11.6 Å².